The number of thiophene rings is 1. The summed E-state index contributed by atoms with van der Waals surface area (Å²) in [5, 5.41) is 12.3. The summed E-state index contributed by atoms with van der Waals surface area (Å²) in [6.45, 7) is -1.57. The standard InChI is InChI=1S/C15H14F3NO3S/c1-8-5-12(22-15(17)18)13(23-8)14(21)19-7-11(20)9-3-2-4-10(16)6-9/h2-6,11,15,20H,7H2,1H3,(H,19,21)/t11-/m1/s1. The number of nitrogens with one attached hydrogen (secondary N) is 1. The minimum atomic E-state index is -3.03. The highest BCUT2D eigenvalue weighted by atomic mass is 32.1. The van der Waals surface area contributed by atoms with Gasteiger partial charge in [-0.1, -0.05) is 12.1 Å². The summed E-state index contributed by atoms with van der Waals surface area (Å²) in [6, 6.07) is 6.68. The molecule has 0 fully saturated rings. The van der Waals surface area contributed by atoms with Crippen molar-refractivity contribution < 1.29 is 27.8 Å². The van der Waals surface area contributed by atoms with E-state index in [1.807, 2.05) is 0 Å². The van der Waals surface area contributed by atoms with Crippen LogP contribution >= 0.6 is 11.3 Å². The van der Waals surface area contributed by atoms with Gasteiger partial charge in [0.25, 0.3) is 5.91 Å². The second-order valence-electron chi connectivity index (χ2n) is 4.71. The van der Waals surface area contributed by atoms with Gasteiger partial charge in [0.05, 0.1) is 6.10 Å². The summed E-state index contributed by atoms with van der Waals surface area (Å²) in [5.41, 5.74) is 0.303. The Kier molecular flexibility index (Phi) is 5.62. The summed E-state index contributed by atoms with van der Waals surface area (Å²) in [5.74, 6) is -1.36. The summed E-state index contributed by atoms with van der Waals surface area (Å²) in [7, 11) is 0. The predicted octanol–water partition coefficient (Wildman–Crippen LogP) is 3.26. The first-order chi connectivity index (χ1) is 10.9. The Labute approximate surface area is 134 Å². The van der Waals surface area contributed by atoms with Crippen molar-refractivity contribution in [1.82, 2.24) is 5.32 Å². The van der Waals surface area contributed by atoms with E-state index < -0.39 is 24.4 Å². The number of halogens is 3. The second-order valence-corrected chi connectivity index (χ2v) is 5.97. The Morgan fingerprint density at radius 3 is 2.78 bits per heavy atom. The molecule has 2 N–H and O–H groups in total. The molecule has 124 valence electrons. The summed E-state index contributed by atoms with van der Waals surface area (Å²) in [6.07, 6.45) is -1.12. The lowest BCUT2D eigenvalue weighted by Gasteiger charge is -2.12. The van der Waals surface area contributed by atoms with E-state index in [2.05, 4.69) is 10.1 Å². The maximum absolute atomic E-state index is 13.1. The van der Waals surface area contributed by atoms with Crippen molar-refractivity contribution in [2.24, 2.45) is 0 Å². The van der Waals surface area contributed by atoms with E-state index in [0.717, 1.165) is 17.4 Å². The van der Waals surface area contributed by atoms with Crippen LogP contribution in [0.1, 0.15) is 26.2 Å². The van der Waals surface area contributed by atoms with Crippen LogP contribution < -0.4 is 10.1 Å². The molecule has 0 aliphatic heterocycles. The highest BCUT2D eigenvalue weighted by Crippen LogP contribution is 2.30. The summed E-state index contributed by atoms with van der Waals surface area (Å²) < 4.78 is 42.0. The molecule has 0 saturated heterocycles. The van der Waals surface area contributed by atoms with E-state index in [1.54, 1.807) is 6.92 Å². The van der Waals surface area contributed by atoms with E-state index in [1.165, 1.54) is 24.3 Å². The third kappa shape index (κ3) is 4.70. The van der Waals surface area contributed by atoms with Crippen molar-refractivity contribution in [1.29, 1.82) is 0 Å². The molecule has 4 nitrogen and oxygen atoms in total. The summed E-state index contributed by atoms with van der Waals surface area (Å²) >= 11 is 1.00. The highest BCUT2D eigenvalue weighted by Gasteiger charge is 2.20. The zero-order valence-electron chi connectivity index (χ0n) is 12.1. The van der Waals surface area contributed by atoms with Crippen LogP contribution in [0.2, 0.25) is 0 Å². The van der Waals surface area contributed by atoms with E-state index in [4.69, 9.17) is 0 Å². The highest BCUT2D eigenvalue weighted by molar-refractivity contribution is 7.14. The Morgan fingerprint density at radius 2 is 2.13 bits per heavy atom. The van der Waals surface area contributed by atoms with Crippen LogP contribution in [0.3, 0.4) is 0 Å². The van der Waals surface area contributed by atoms with Gasteiger partial charge in [-0.15, -0.1) is 11.3 Å². The molecule has 1 amide bonds. The number of rotatable bonds is 6. The Hall–Kier alpha value is -2.06. The van der Waals surface area contributed by atoms with E-state index in [-0.39, 0.29) is 17.2 Å². The maximum Gasteiger partial charge on any atom is 0.387 e. The molecule has 0 unspecified atom stereocenters. The molecule has 8 heteroatoms. The molecule has 1 aromatic heterocycles. The molecule has 1 heterocycles. The van der Waals surface area contributed by atoms with Crippen LogP contribution in [-0.4, -0.2) is 24.2 Å². The van der Waals surface area contributed by atoms with Gasteiger partial charge in [-0.25, -0.2) is 4.39 Å². The van der Waals surface area contributed by atoms with Gasteiger partial charge in [0.15, 0.2) is 0 Å². The van der Waals surface area contributed by atoms with Gasteiger partial charge in [-0.2, -0.15) is 8.78 Å². The quantitative estimate of drug-likeness (QED) is 0.845. The molecule has 2 aromatic rings. The first kappa shape index (κ1) is 17.3. The maximum atomic E-state index is 13.1. The third-order valence-corrected chi connectivity index (χ3v) is 3.96. The number of hydrogen-bond donors (Lipinski definition) is 2. The average Bonchev–Trinajstić information content (AvgIpc) is 2.84. The minimum Gasteiger partial charge on any atom is -0.433 e. The van der Waals surface area contributed by atoms with Gasteiger partial charge in [-0.05, 0) is 30.7 Å². The summed E-state index contributed by atoms with van der Waals surface area (Å²) in [4.78, 5) is 12.7. The van der Waals surface area contributed by atoms with Crippen LogP contribution in [-0.2, 0) is 0 Å². The van der Waals surface area contributed by atoms with E-state index >= 15 is 0 Å². The van der Waals surface area contributed by atoms with Crippen molar-refractivity contribution in [3.8, 4) is 5.75 Å². The van der Waals surface area contributed by atoms with Crippen LogP contribution in [0.4, 0.5) is 13.2 Å². The van der Waals surface area contributed by atoms with Crippen LogP contribution in [0.25, 0.3) is 0 Å². The van der Waals surface area contributed by atoms with Crippen molar-refractivity contribution in [2.45, 2.75) is 19.6 Å². The molecule has 0 saturated carbocycles. The molecule has 0 radical (unpaired) electrons. The molecule has 0 aliphatic rings. The molecular weight excluding hydrogens is 331 g/mol. The number of aryl methyl sites for hydroxylation is 1. The Bertz CT molecular complexity index is 690. The SMILES string of the molecule is Cc1cc(OC(F)F)c(C(=O)NC[C@@H](O)c2cccc(F)c2)s1. The first-order valence-corrected chi connectivity index (χ1v) is 7.45. The number of aliphatic hydroxyl groups is 1. The minimum absolute atomic E-state index is 0.00533. The van der Waals surface area contributed by atoms with Crippen molar-refractivity contribution >= 4 is 17.2 Å². The molecule has 1 atom stereocenters. The lowest BCUT2D eigenvalue weighted by molar-refractivity contribution is -0.0498. The van der Waals surface area contributed by atoms with Gasteiger partial charge in [0, 0.05) is 11.4 Å². The zero-order chi connectivity index (χ0) is 17.0. The fourth-order valence-electron chi connectivity index (χ4n) is 1.93. The largest absolute Gasteiger partial charge is 0.433 e. The van der Waals surface area contributed by atoms with Crippen molar-refractivity contribution in [3.63, 3.8) is 0 Å². The lowest BCUT2D eigenvalue weighted by atomic mass is 10.1. The van der Waals surface area contributed by atoms with Crippen molar-refractivity contribution in [3.05, 3.63) is 51.5 Å². The van der Waals surface area contributed by atoms with Gasteiger partial charge in [0.2, 0.25) is 0 Å². The molecule has 23 heavy (non-hydrogen) atoms. The molecule has 2 rings (SSSR count). The first-order valence-electron chi connectivity index (χ1n) is 6.64. The third-order valence-electron chi connectivity index (χ3n) is 2.93. The number of benzene rings is 1. The number of hydrogen-bond acceptors (Lipinski definition) is 4. The second kappa shape index (κ2) is 7.47. The van der Waals surface area contributed by atoms with Gasteiger partial charge in [-0.3, -0.25) is 4.79 Å². The average molecular weight is 345 g/mol. The number of ether oxygens (including phenoxy) is 1. The smallest absolute Gasteiger partial charge is 0.387 e. The Morgan fingerprint density at radius 1 is 1.39 bits per heavy atom. The number of aliphatic hydroxyl groups excluding tert-OH is 1. The van der Waals surface area contributed by atoms with Gasteiger partial charge >= 0.3 is 6.61 Å². The van der Waals surface area contributed by atoms with Crippen LogP contribution in [0.5, 0.6) is 5.75 Å². The normalized spacial score (nSPS) is 12.3. The number of amides is 1. The van der Waals surface area contributed by atoms with Gasteiger partial charge < -0.3 is 15.2 Å². The Balaban J connectivity index is 2.02. The fraction of sp³-hybridized carbons (Fsp3) is 0.267. The topological polar surface area (TPSA) is 58.6 Å². The van der Waals surface area contributed by atoms with Crippen LogP contribution in [0, 0.1) is 12.7 Å². The number of carbonyl (C=O) groups is 1. The molecule has 0 spiro atoms. The molecular formula is C15H14F3NO3S. The molecule has 1 aromatic carbocycles. The fourth-order valence-corrected chi connectivity index (χ4v) is 2.79. The van der Waals surface area contributed by atoms with Crippen LogP contribution in [0.15, 0.2) is 30.3 Å². The van der Waals surface area contributed by atoms with E-state index in [9.17, 15) is 23.1 Å². The lowest BCUT2D eigenvalue weighted by Crippen LogP contribution is -2.28. The zero-order valence-corrected chi connectivity index (χ0v) is 12.9. The molecule has 0 aliphatic carbocycles. The molecule has 0 bridgehead atoms. The van der Waals surface area contributed by atoms with Crippen molar-refractivity contribution in [2.75, 3.05) is 6.54 Å². The predicted molar refractivity (Wildman–Crippen MR) is 79.4 cm³/mol. The number of alkyl halides is 2. The van der Waals surface area contributed by atoms with E-state index in [0.29, 0.717) is 10.4 Å². The number of carbonyl (C=O) groups excluding carboxylic acids is 1. The van der Waals surface area contributed by atoms with Gasteiger partial charge in [0.1, 0.15) is 16.4 Å². The monoisotopic (exact) mass is 345 g/mol.